The maximum atomic E-state index is 10.7. The van der Waals surface area contributed by atoms with Gasteiger partial charge < -0.3 is 4.84 Å². The molecule has 0 bridgehead atoms. The van der Waals surface area contributed by atoms with Crippen LogP contribution in [0.2, 0.25) is 0 Å². The van der Waals surface area contributed by atoms with Crippen molar-refractivity contribution < 1.29 is 9.63 Å². The number of halogens is 1. The molecule has 14 heavy (non-hydrogen) atoms. The SMILES string of the molecule is CC(=O)On1cc2ccc(Br)cc2n1. The second-order valence-electron chi connectivity index (χ2n) is 2.82. The molecule has 0 N–H and O–H groups in total. The molecule has 4 nitrogen and oxygen atoms in total. The molecule has 0 saturated heterocycles. The quantitative estimate of drug-likeness (QED) is 0.780. The maximum absolute atomic E-state index is 10.7. The Hall–Kier alpha value is -1.36. The van der Waals surface area contributed by atoms with Crippen LogP contribution in [0.1, 0.15) is 6.92 Å². The molecule has 5 heteroatoms. The molecule has 0 aliphatic carbocycles. The number of nitrogens with zero attached hydrogens (tertiary/aromatic N) is 2. The van der Waals surface area contributed by atoms with Crippen LogP contribution >= 0.6 is 15.9 Å². The van der Waals surface area contributed by atoms with Crippen molar-refractivity contribution in [1.29, 1.82) is 0 Å². The van der Waals surface area contributed by atoms with Crippen molar-refractivity contribution in [3.05, 3.63) is 28.9 Å². The van der Waals surface area contributed by atoms with E-state index in [1.165, 1.54) is 11.8 Å². The van der Waals surface area contributed by atoms with Gasteiger partial charge in [0.25, 0.3) is 0 Å². The third-order valence-corrected chi connectivity index (χ3v) is 2.16. The number of hydrogen-bond donors (Lipinski definition) is 0. The Balaban J connectivity index is 2.46. The van der Waals surface area contributed by atoms with E-state index in [0.717, 1.165) is 15.4 Å². The Kier molecular flexibility index (Phi) is 2.25. The first kappa shape index (κ1) is 9.21. The van der Waals surface area contributed by atoms with Gasteiger partial charge in [0.15, 0.2) is 0 Å². The molecule has 1 aromatic heterocycles. The van der Waals surface area contributed by atoms with E-state index in [1.54, 1.807) is 6.20 Å². The zero-order chi connectivity index (χ0) is 10.1. The van der Waals surface area contributed by atoms with Crippen molar-refractivity contribution in [3.63, 3.8) is 0 Å². The average molecular weight is 255 g/mol. The van der Waals surface area contributed by atoms with Crippen LogP contribution in [-0.4, -0.2) is 15.9 Å². The first-order chi connectivity index (χ1) is 6.65. The number of rotatable bonds is 1. The lowest BCUT2D eigenvalue weighted by Gasteiger charge is -1.95. The standard InChI is InChI=1S/C9H7BrN2O2/c1-6(13)14-12-5-7-2-3-8(10)4-9(7)11-12/h2-5H,1H3. The Morgan fingerprint density at radius 2 is 2.36 bits per heavy atom. The van der Waals surface area contributed by atoms with E-state index in [-0.39, 0.29) is 0 Å². The first-order valence-corrected chi connectivity index (χ1v) is 4.78. The van der Waals surface area contributed by atoms with Gasteiger partial charge in [0.1, 0.15) is 0 Å². The molecule has 0 unspecified atom stereocenters. The highest BCUT2D eigenvalue weighted by Gasteiger charge is 2.02. The van der Waals surface area contributed by atoms with E-state index in [1.807, 2.05) is 18.2 Å². The number of benzene rings is 1. The van der Waals surface area contributed by atoms with E-state index in [0.29, 0.717) is 0 Å². The van der Waals surface area contributed by atoms with Gasteiger partial charge in [-0.25, -0.2) is 4.79 Å². The van der Waals surface area contributed by atoms with Crippen molar-refractivity contribution in [2.75, 3.05) is 0 Å². The Bertz CT molecular complexity index is 493. The van der Waals surface area contributed by atoms with Crippen LogP contribution in [0, 0.1) is 0 Å². The van der Waals surface area contributed by atoms with Crippen LogP contribution in [0.4, 0.5) is 0 Å². The van der Waals surface area contributed by atoms with Crippen LogP contribution in [0.5, 0.6) is 0 Å². The highest BCUT2D eigenvalue weighted by molar-refractivity contribution is 9.10. The van der Waals surface area contributed by atoms with Gasteiger partial charge in [-0.3, -0.25) is 0 Å². The first-order valence-electron chi connectivity index (χ1n) is 3.99. The molecular weight excluding hydrogens is 248 g/mol. The summed E-state index contributed by atoms with van der Waals surface area (Å²) in [5.74, 6) is -0.392. The summed E-state index contributed by atoms with van der Waals surface area (Å²) in [5.41, 5.74) is 0.778. The second kappa shape index (κ2) is 3.42. The molecule has 2 rings (SSSR count). The number of carbonyl (C=O) groups is 1. The predicted molar refractivity (Wildman–Crippen MR) is 54.7 cm³/mol. The number of aromatic nitrogens is 2. The normalized spacial score (nSPS) is 10.4. The van der Waals surface area contributed by atoms with Crippen LogP contribution in [0.3, 0.4) is 0 Å². The molecule has 0 radical (unpaired) electrons. The van der Waals surface area contributed by atoms with Crippen molar-refractivity contribution in [3.8, 4) is 0 Å². The van der Waals surface area contributed by atoms with Gasteiger partial charge in [0.05, 0.1) is 11.7 Å². The van der Waals surface area contributed by atoms with E-state index in [4.69, 9.17) is 4.84 Å². The third kappa shape index (κ3) is 1.77. The monoisotopic (exact) mass is 254 g/mol. The molecule has 0 amide bonds. The highest BCUT2D eigenvalue weighted by Crippen LogP contribution is 2.17. The van der Waals surface area contributed by atoms with Crippen molar-refractivity contribution in [2.24, 2.45) is 0 Å². The zero-order valence-corrected chi connectivity index (χ0v) is 8.98. The van der Waals surface area contributed by atoms with Gasteiger partial charge in [-0.15, -0.1) is 5.10 Å². The summed E-state index contributed by atoms with van der Waals surface area (Å²) >= 11 is 3.34. The molecule has 1 heterocycles. The summed E-state index contributed by atoms with van der Waals surface area (Å²) in [6.45, 7) is 1.34. The van der Waals surface area contributed by atoms with E-state index < -0.39 is 5.97 Å². The molecule has 2 aromatic rings. The minimum atomic E-state index is -0.392. The van der Waals surface area contributed by atoms with Crippen LogP contribution < -0.4 is 4.84 Å². The maximum Gasteiger partial charge on any atom is 0.331 e. The molecule has 1 aromatic carbocycles. The summed E-state index contributed by atoms with van der Waals surface area (Å²) in [5, 5.41) is 4.98. The van der Waals surface area contributed by atoms with Gasteiger partial charge in [-0.1, -0.05) is 20.8 Å². The van der Waals surface area contributed by atoms with Crippen molar-refractivity contribution >= 4 is 32.8 Å². The highest BCUT2D eigenvalue weighted by atomic mass is 79.9. The lowest BCUT2D eigenvalue weighted by Crippen LogP contribution is -2.16. The van der Waals surface area contributed by atoms with Gasteiger partial charge >= 0.3 is 5.97 Å². The summed E-state index contributed by atoms with van der Waals surface area (Å²) in [4.78, 5) is 16.6. The number of hydrogen-bond acceptors (Lipinski definition) is 3. The molecule has 0 saturated carbocycles. The van der Waals surface area contributed by atoms with Crippen LogP contribution in [-0.2, 0) is 4.79 Å². The third-order valence-electron chi connectivity index (χ3n) is 1.67. The minimum absolute atomic E-state index is 0.392. The van der Waals surface area contributed by atoms with Gasteiger partial charge in [-0.05, 0) is 18.2 Å². The van der Waals surface area contributed by atoms with Gasteiger partial charge in [-0.2, -0.15) is 0 Å². The van der Waals surface area contributed by atoms with E-state index in [9.17, 15) is 4.79 Å². The lowest BCUT2D eigenvalue weighted by atomic mass is 10.3. The summed E-state index contributed by atoms with van der Waals surface area (Å²) in [6.07, 6.45) is 1.66. The fourth-order valence-electron chi connectivity index (χ4n) is 1.15. The minimum Gasteiger partial charge on any atom is -0.320 e. The van der Waals surface area contributed by atoms with Crippen molar-refractivity contribution in [2.45, 2.75) is 6.92 Å². The Morgan fingerprint density at radius 1 is 1.57 bits per heavy atom. The van der Waals surface area contributed by atoms with Crippen LogP contribution in [0.15, 0.2) is 28.9 Å². The molecule has 0 aliphatic rings. The topological polar surface area (TPSA) is 44.1 Å². The largest absolute Gasteiger partial charge is 0.331 e. The molecular formula is C9H7BrN2O2. The molecule has 0 atom stereocenters. The lowest BCUT2D eigenvalue weighted by molar-refractivity contribution is -0.142. The van der Waals surface area contributed by atoms with E-state index in [2.05, 4.69) is 21.0 Å². The van der Waals surface area contributed by atoms with Crippen molar-refractivity contribution in [1.82, 2.24) is 9.94 Å². The van der Waals surface area contributed by atoms with Gasteiger partial charge in [0.2, 0.25) is 0 Å². The van der Waals surface area contributed by atoms with Crippen LogP contribution in [0.25, 0.3) is 10.9 Å². The zero-order valence-electron chi connectivity index (χ0n) is 7.40. The average Bonchev–Trinajstić information content (AvgIpc) is 2.44. The molecule has 0 spiro atoms. The fourth-order valence-corrected chi connectivity index (χ4v) is 1.49. The summed E-state index contributed by atoms with van der Waals surface area (Å²) < 4.78 is 0.943. The second-order valence-corrected chi connectivity index (χ2v) is 3.73. The molecule has 72 valence electrons. The Labute approximate surface area is 88.5 Å². The van der Waals surface area contributed by atoms with Gasteiger partial charge in [0, 0.05) is 16.8 Å². The number of fused-ring (bicyclic) bond motifs is 1. The predicted octanol–water partition coefficient (Wildman–Crippen LogP) is 1.77. The molecule has 0 fully saturated rings. The fraction of sp³-hybridized carbons (Fsp3) is 0.111. The smallest absolute Gasteiger partial charge is 0.320 e. The molecule has 0 aliphatic heterocycles. The van der Waals surface area contributed by atoms with E-state index >= 15 is 0 Å². The number of carbonyl (C=O) groups excluding carboxylic acids is 1. The summed E-state index contributed by atoms with van der Waals surface area (Å²) in [6, 6.07) is 5.66. The Morgan fingerprint density at radius 3 is 3.07 bits per heavy atom. The summed E-state index contributed by atoms with van der Waals surface area (Å²) in [7, 11) is 0.